The van der Waals surface area contributed by atoms with Gasteiger partial charge in [-0.15, -0.1) is 0 Å². The number of aliphatic carboxylic acids is 1. The van der Waals surface area contributed by atoms with E-state index in [0.717, 1.165) is 25.8 Å². The van der Waals surface area contributed by atoms with Gasteiger partial charge in [0.2, 0.25) is 0 Å². The maximum atomic E-state index is 11.1. The van der Waals surface area contributed by atoms with Gasteiger partial charge in [0.1, 0.15) is 6.04 Å². The van der Waals surface area contributed by atoms with Crippen molar-refractivity contribution in [3.63, 3.8) is 0 Å². The first kappa shape index (κ1) is 14.4. The minimum atomic E-state index is -0.773. The normalized spacial score (nSPS) is 13.1. The molecule has 0 rings (SSSR count). The van der Waals surface area contributed by atoms with Crippen molar-refractivity contribution in [3.8, 4) is 0 Å². The molecule has 0 bridgehead atoms. The third kappa shape index (κ3) is 5.74. The molecular formula is C11H23NO3. The molecule has 0 aliphatic rings. The van der Waals surface area contributed by atoms with Crippen LogP contribution in [0.4, 0.5) is 0 Å². The first-order valence-corrected chi connectivity index (χ1v) is 5.75. The zero-order valence-electron chi connectivity index (χ0n) is 9.78. The van der Waals surface area contributed by atoms with Crippen LogP contribution in [0.25, 0.3) is 0 Å². The number of unbranched alkanes of at least 4 members (excludes halogenated alkanes) is 1. The third-order valence-electron chi connectivity index (χ3n) is 2.45. The second-order valence-electron chi connectivity index (χ2n) is 3.76. The number of carboxylic acid groups (broad SMARTS) is 1. The lowest BCUT2D eigenvalue weighted by molar-refractivity contribution is -0.143. The maximum absolute atomic E-state index is 11.1. The van der Waals surface area contributed by atoms with Gasteiger partial charge in [-0.2, -0.15) is 0 Å². The smallest absolute Gasteiger partial charge is 0.320 e. The summed E-state index contributed by atoms with van der Waals surface area (Å²) in [6, 6.07) is -0.433. The Morgan fingerprint density at radius 3 is 2.33 bits per heavy atom. The van der Waals surface area contributed by atoms with Crippen LogP contribution >= 0.6 is 0 Å². The van der Waals surface area contributed by atoms with Gasteiger partial charge >= 0.3 is 5.97 Å². The van der Waals surface area contributed by atoms with E-state index in [9.17, 15) is 4.79 Å². The summed E-state index contributed by atoms with van der Waals surface area (Å²) >= 11 is 0. The van der Waals surface area contributed by atoms with Crippen LogP contribution < -0.4 is 0 Å². The molecule has 0 aromatic carbocycles. The van der Waals surface area contributed by atoms with Crippen LogP contribution in [0.3, 0.4) is 0 Å². The fourth-order valence-electron chi connectivity index (χ4n) is 1.70. The Morgan fingerprint density at radius 1 is 1.27 bits per heavy atom. The Hall–Kier alpha value is -0.610. The van der Waals surface area contributed by atoms with Crippen LogP contribution in [-0.4, -0.2) is 46.8 Å². The molecule has 0 fully saturated rings. The lowest BCUT2D eigenvalue weighted by Crippen LogP contribution is -2.43. The fraction of sp³-hybridized carbons (Fsp3) is 0.909. The van der Waals surface area contributed by atoms with Crippen molar-refractivity contribution < 1.29 is 15.0 Å². The molecule has 0 aromatic heterocycles. The van der Waals surface area contributed by atoms with Crippen LogP contribution in [0.5, 0.6) is 0 Å². The van der Waals surface area contributed by atoms with Crippen molar-refractivity contribution in [2.75, 3.05) is 19.7 Å². The van der Waals surface area contributed by atoms with Crippen molar-refractivity contribution in [1.29, 1.82) is 0 Å². The number of hydrogen-bond acceptors (Lipinski definition) is 3. The number of nitrogens with zero attached hydrogens (tertiary/aromatic N) is 1. The van der Waals surface area contributed by atoms with E-state index in [1.807, 2.05) is 11.8 Å². The van der Waals surface area contributed by atoms with E-state index in [4.69, 9.17) is 10.2 Å². The summed E-state index contributed by atoms with van der Waals surface area (Å²) in [6.45, 7) is 5.28. The molecule has 0 amide bonds. The minimum absolute atomic E-state index is 0.0237. The highest BCUT2D eigenvalue weighted by molar-refractivity contribution is 5.73. The van der Waals surface area contributed by atoms with Crippen molar-refractivity contribution in [3.05, 3.63) is 0 Å². The van der Waals surface area contributed by atoms with E-state index >= 15 is 0 Å². The predicted molar refractivity (Wildman–Crippen MR) is 59.9 cm³/mol. The zero-order chi connectivity index (χ0) is 11.7. The monoisotopic (exact) mass is 217 g/mol. The summed E-state index contributed by atoms with van der Waals surface area (Å²) < 4.78 is 0. The molecule has 0 aromatic rings. The molecule has 0 radical (unpaired) electrons. The number of carboxylic acids is 1. The van der Waals surface area contributed by atoms with Crippen LogP contribution in [0, 0.1) is 0 Å². The van der Waals surface area contributed by atoms with Crippen LogP contribution in [0.15, 0.2) is 0 Å². The van der Waals surface area contributed by atoms with Gasteiger partial charge in [-0.3, -0.25) is 9.69 Å². The number of hydrogen-bond donors (Lipinski definition) is 2. The predicted octanol–water partition coefficient (Wildman–Crippen LogP) is 1.33. The lowest BCUT2D eigenvalue weighted by Gasteiger charge is -2.27. The summed E-state index contributed by atoms with van der Waals surface area (Å²) in [6.07, 6.45) is 3.51. The van der Waals surface area contributed by atoms with Crippen LogP contribution in [0.2, 0.25) is 0 Å². The molecule has 4 heteroatoms. The molecular weight excluding hydrogens is 194 g/mol. The van der Waals surface area contributed by atoms with Crippen molar-refractivity contribution in [1.82, 2.24) is 4.90 Å². The van der Waals surface area contributed by atoms with Gasteiger partial charge in [-0.25, -0.2) is 0 Å². The molecule has 15 heavy (non-hydrogen) atoms. The summed E-state index contributed by atoms with van der Waals surface area (Å²) in [5.41, 5.74) is 0. The fourth-order valence-corrected chi connectivity index (χ4v) is 1.70. The summed E-state index contributed by atoms with van der Waals surface area (Å²) in [7, 11) is 0. The zero-order valence-corrected chi connectivity index (χ0v) is 9.78. The van der Waals surface area contributed by atoms with E-state index in [1.54, 1.807) is 0 Å². The average Bonchev–Trinajstić information content (AvgIpc) is 2.18. The highest BCUT2D eigenvalue weighted by Crippen LogP contribution is 2.09. The molecule has 0 spiro atoms. The standard InChI is InChI=1S/C11H23NO3/c1-3-5-6-10(11(14)15)12(7-4-2)8-9-13/h10,13H,3-9H2,1-2H3,(H,14,15). The molecule has 4 nitrogen and oxygen atoms in total. The molecule has 0 saturated carbocycles. The lowest BCUT2D eigenvalue weighted by atomic mass is 10.1. The number of aliphatic hydroxyl groups is 1. The average molecular weight is 217 g/mol. The Morgan fingerprint density at radius 2 is 1.93 bits per heavy atom. The van der Waals surface area contributed by atoms with Crippen molar-refractivity contribution in [2.24, 2.45) is 0 Å². The molecule has 1 unspecified atom stereocenters. The molecule has 0 saturated heterocycles. The van der Waals surface area contributed by atoms with Crippen molar-refractivity contribution >= 4 is 5.97 Å². The Labute approximate surface area is 91.9 Å². The summed E-state index contributed by atoms with van der Waals surface area (Å²) in [5, 5.41) is 18.0. The minimum Gasteiger partial charge on any atom is -0.480 e. The second kappa shape index (κ2) is 8.68. The Balaban J connectivity index is 4.30. The first-order valence-electron chi connectivity index (χ1n) is 5.75. The van der Waals surface area contributed by atoms with E-state index in [2.05, 4.69) is 6.92 Å². The molecule has 1 atom stereocenters. The maximum Gasteiger partial charge on any atom is 0.320 e. The number of carbonyl (C=O) groups is 1. The van der Waals surface area contributed by atoms with Gasteiger partial charge in [-0.1, -0.05) is 26.7 Å². The first-order chi connectivity index (χ1) is 7.17. The highest BCUT2D eigenvalue weighted by atomic mass is 16.4. The second-order valence-corrected chi connectivity index (χ2v) is 3.76. The van der Waals surface area contributed by atoms with Gasteiger partial charge in [0.05, 0.1) is 6.61 Å². The van der Waals surface area contributed by atoms with Crippen LogP contribution in [0.1, 0.15) is 39.5 Å². The van der Waals surface area contributed by atoms with Gasteiger partial charge in [0.15, 0.2) is 0 Å². The molecule has 0 aliphatic carbocycles. The SMILES string of the molecule is CCCCC(C(=O)O)N(CCC)CCO. The van der Waals surface area contributed by atoms with E-state index < -0.39 is 12.0 Å². The number of aliphatic hydroxyl groups excluding tert-OH is 1. The molecule has 90 valence electrons. The van der Waals surface area contributed by atoms with Crippen molar-refractivity contribution in [2.45, 2.75) is 45.6 Å². The Kier molecular flexibility index (Phi) is 8.33. The van der Waals surface area contributed by atoms with Gasteiger partial charge < -0.3 is 10.2 Å². The highest BCUT2D eigenvalue weighted by Gasteiger charge is 2.23. The largest absolute Gasteiger partial charge is 0.480 e. The Bertz CT molecular complexity index is 167. The number of rotatable bonds is 9. The molecule has 0 heterocycles. The van der Waals surface area contributed by atoms with E-state index in [-0.39, 0.29) is 6.61 Å². The summed E-state index contributed by atoms with van der Waals surface area (Å²) in [4.78, 5) is 12.9. The topological polar surface area (TPSA) is 60.8 Å². The van der Waals surface area contributed by atoms with Gasteiger partial charge in [0.25, 0.3) is 0 Å². The van der Waals surface area contributed by atoms with Crippen LogP contribution in [-0.2, 0) is 4.79 Å². The third-order valence-corrected chi connectivity index (χ3v) is 2.45. The van der Waals surface area contributed by atoms with Gasteiger partial charge in [-0.05, 0) is 19.4 Å². The molecule has 2 N–H and O–H groups in total. The molecule has 0 aliphatic heterocycles. The van der Waals surface area contributed by atoms with E-state index in [1.165, 1.54) is 0 Å². The van der Waals surface area contributed by atoms with Gasteiger partial charge in [0, 0.05) is 6.54 Å². The summed E-state index contributed by atoms with van der Waals surface area (Å²) in [5.74, 6) is -0.773. The van der Waals surface area contributed by atoms with E-state index in [0.29, 0.717) is 13.0 Å². The quantitative estimate of drug-likeness (QED) is 0.611.